The molecule has 0 fully saturated rings. The summed E-state index contributed by atoms with van der Waals surface area (Å²) in [6, 6.07) is 8.44. The number of hydrogen-bond donors (Lipinski definition) is 2. The summed E-state index contributed by atoms with van der Waals surface area (Å²) in [7, 11) is 0. The van der Waals surface area contributed by atoms with Gasteiger partial charge < -0.3 is 10.6 Å². The minimum absolute atomic E-state index is 0.163. The number of nitriles is 1. The summed E-state index contributed by atoms with van der Waals surface area (Å²) in [4.78, 5) is 38.2. The van der Waals surface area contributed by atoms with Crippen molar-refractivity contribution < 1.29 is 9.59 Å². The predicted molar refractivity (Wildman–Crippen MR) is 107 cm³/mol. The third-order valence-corrected chi connectivity index (χ3v) is 4.96. The lowest BCUT2D eigenvalue weighted by Crippen LogP contribution is -2.26. The molecular formula is C20H18N6O2S. The van der Waals surface area contributed by atoms with Crippen LogP contribution in [0.25, 0.3) is 0 Å². The second-order valence-electron chi connectivity index (χ2n) is 6.19. The molecule has 9 heteroatoms. The monoisotopic (exact) mass is 406 g/mol. The molecule has 0 aliphatic rings. The standard InChI is InChI=1S/C20H18N6O2S/c1-12-17(10-25-19(27)15-5-3-4-14(6-15)7-21)23-11-18(26-12)20(28)24-9-16-8-22-13(2)29-16/h3-6,8,11H,9-10H2,1-2H3,(H,24,28)(H,25,27). The molecule has 0 bridgehead atoms. The summed E-state index contributed by atoms with van der Waals surface area (Å²) in [5, 5.41) is 15.4. The van der Waals surface area contributed by atoms with E-state index in [-0.39, 0.29) is 24.1 Å². The van der Waals surface area contributed by atoms with Crippen molar-refractivity contribution in [3.8, 4) is 6.07 Å². The zero-order chi connectivity index (χ0) is 20.8. The van der Waals surface area contributed by atoms with Crippen LogP contribution in [0.5, 0.6) is 0 Å². The molecule has 146 valence electrons. The molecule has 3 rings (SSSR count). The number of rotatable bonds is 6. The molecule has 2 aromatic heterocycles. The lowest BCUT2D eigenvalue weighted by atomic mass is 10.1. The minimum Gasteiger partial charge on any atom is -0.346 e. The Morgan fingerprint density at radius 2 is 1.90 bits per heavy atom. The summed E-state index contributed by atoms with van der Waals surface area (Å²) in [5.41, 5.74) is 2.13. The van der Waals surface area contributed by atoms with Crippen LogP contribution in [0.2, 0.25) is 0 Å². The highest BCUT2D eigenvalue weighted by Crippen LogP contribution is 2.11. The molecule has 0 atom stereocenters. The Morgan fingerprint density at radius 3 is 2.59 bits per heavy atom. The van der Waals surface area contributed by atoms with Gasteiger partial charge in [0.2, 0.25) is 0 Å². The van der Waals surface area contributed by atoms with Crippen LogP contribution in [0.4, 0.5) is 0 Å². The Bertz CT molecular complexity index is 1100. The van der Waals surface area contributed by atoms with E-state index >= 15 is 0 Å². The normalized spacial score (nSPS) is 10.2. The number of thiazole rings is 1. The van der Waals surface area contributed by atoms with Gasteiger partial charge in [0, 0.05) is 16.6 Å². The largest absolute Gasteiger partial charge is 0.346 e. The molecule has 1 aromatic carbocycles. The molecule has 0 aliphatic heterocycles. The summed E-state index contributed by atoms with van der Waals surface area (Å²) in [6.45, 7) is 4.18. The van der Waals surface area contributed by atoms with E-state index in [1.807, 2.05) is 13.0 Å². The van der Waals surface area contributed by atoms with Gasteiger partial charge in [0.25, 0.3) is 11.8 Å². The highest BCUT2D eigenvalue weighted by molar-refractivity contribution is 7.11. The Labute approximate surface area is 171 Å². The molecule has 0 spiro atoms. The summed E-state index contributed by atoms with van der Waals surface area (Å²) >= 11 is 1.52. The number of carbonyl (C=O) groups excluding carboxylic acids is 2. The highest BCUT2D eigenvalue weighted by Gasteiger charge is 2.13. The first-order valence-corrected chi connectivity index (χ1v) is 9.58. The van der Waals surface area contributed by atoms with E-state index < -0.39 is 0 Å². The zero-order valence-corrected chi connectivity index (χ0v) is 16.7. The van der Waals surface area contributed by atoms with Crippen LogP contribution in [0.3, 0.4) is 0 Å². The van der Waals surface area contributed by atoms with Crippen molar-refractivity contribution in [2.75, 3.05) is 0 Å². The quantitative estimate of drug-likeness (QED) is 0.648. The van der Waals surface area contributed by atoms with Crippen LogP contribution in [0, 0.1) is 25.2 Å². The number of amides is 2. The molecule has 29 heavy (non-hydrogen) atoms. The van der Waals surface area contributed by atoms with Crippen LogP contribution < -0.4 is 10.6 Å². The molecule has 2 N–H and O–H groups in total. The number of benzene rings is 1. The second-order valence-corrected chi connectivity index (χ2v) is 7.51. The molecule has 8 nitrogen and oxygen atoms in total. The summed E-state index contributed by atoms with van der Waals surface area (Å²) < 4.78 is 0. The van der Waals surface area contributed by atoms with Gasteiger partial charge in [-0.25, -0.2) is 9.97 Å². The number of nitrogens with zero attached hydrogens (tertiary/aromatic N) is 4. The average molecular weight is 406 g/mol. The Kier molecular flexibility index (Phi) is 6.26. The van der Waals surface area contributed by atoms with Crippen LogP contribution in [0.1, 0.15) is 47.7 Å². The maximum Gasteiger partial charge on any atom is 0.271 e. The van der Waals surface area contributed by atoms with E-state index in [9.17, 15) is 9.59 Å². The van der Waals surface area contributed by atoms with E-state index in [1.54, 1.807) is 31.3 Å². The van der Waals surface area contributed by atoms with Crippen molar-refractivity contribution in [2.45, 2.75) is 26.9 Å². The van der Waals surface area contributed by atoms with Crippen LogP contribution in [-0.4, -0.2) is 26.8 Å². The predicted octanol–water partition coefficient (Wildman–Crippen LogP) is 2.28. The van der Waals surface area contributed by atoms with Gasteiger partial charge in [-0.05, 0) is 32.0 Å². The van der Waals surface area contributed by atoms with Gasteiger partial charge in [-0.2, -0.15) is 5.26 Å². The maximum absolute atomic E-state index is 12.3. The smallest absolute Gasteiger partial charge is 0.271 e. The number of carbonyl (C=O) groups is 2. The van der Waals surface area contributed by atoms with E-state index in [1.165, 1.54) is 23.6 Å². The fourth-order valence-corrected chi connectivity index (χ4v) is 3.27. The highest BCUT2D eigenvalue weighted by atomic mass is 32.1. The van der Waals surface area contributed by atoms with Crippen molar-refractivity contribution in [3.05, 3.63) is 74.8 Å². The zero-order valence-electron chi connectivity index (χ0n) is 15.9. The van der Waals surface area contributed by atoms with Crippen LogP contribution in [-0.2, 0) is 13.1 Å². The van der Waals surface area contributed by atoms with Crippen molar-refractivity contribution in [3.63, 3.8) is 0 Å². The third kappa shape index (κ3) is 5.21. The topological polar surface area (TPSA) is 121 Å². The third-order valence-electron chi connectivity index (χ3n) is 4.04. The maximum atomic E-state index is 12.3. The van der Waals surface area contributed by atoms with Gasteiger partial charge in [-0.1, -0.05) is 6.07 Å². The first-order valence-electron chi connectivity index (χ1n) is 8.76. The van der Waals surface area contributed by atoms with E-state index in [0.29, 0.717) is 29.1 Å². The Hall–Kier alpha value is -3.64. The molecular weight excluding hydrogens is 388 g/mol. The van der Waals surface area contributed by atoms with Crippen molar-refractivity contribution in [2.24, 2.45) is 0 Å². The lowest BCUT2D eigenvalue weighted by molar-refractivity contribution is 0.0937. The number of hydrogen-bond acceptors (Lipinski definition) is 7. The Morgan fingerprint density at radius 1 is 1.10 bits per heavy atom. The fraction of sp³-hybridized carbons (Fsp3) is 0.200. The van der Waals surface area contributed by atoms with Crippen LogP contribution >= 0.6 is 11.3 Å². The SMILES string of the molecule is Cc1ncc(CNC(=O)c2cnc(CNC(=O)c3cccc(C#N)c3)c(C)n2)s1. The van der Waals surface area contributed by atoms with Crippen LogP contribution in [0.15, 0.2) is 36.7 Å². The van der Waals surface area contributed by atoms with E-state index in [2.05, 4.69) is 25.6 Å². The average Bonchev–Trinajstić information content (AvgIpc) is 3.16. The molecule has 0 saturated heterocycles. The minimum atomic E-state index is -0.324. The summed E-state index contributed by atoms with van der Waals surface area (Å²) in [5.74, 6) is -0.638. The van der Waals surface area contributed by atoms with Crippen molar-refractivity contribution in [1.82, 2.24) is 25.6 Å². The molecule has 0 aliphatic carbocycles. The van der Waals surface area contributed by atoms with Gasteiger partial charge in [0.1, 0.15) is 5.69 Å². The first kappa shape index (κ1) is 20.1. The van der Waals surface area contributed by atoms with Gasteiger partial charge in [0.15, 0.2) is 0 Å². The van der Waals surface area contributed by atoms with Crippen molar-refractivity contribution >= 4 is 23.2 Å². The number of aromatic nitrogens is 3. The van der Waals surface area contributed by atoms with Gasteiger partial charge in [-0.3, -0.25) is 14.6 Å². The van der Waals surface area contributed by atoms with E-state index in [4.69, 9.17) is 5.26 Å². The van der Waals surface area contributed by atoms with Gasteiger partial charge in [0.05, 0.1) is 47.3 Å². The molecule has 2 amide bonds. The fourth-order valence-electron chi connectivity index (χ4n) is 2.53. The van der Waals surface area contributed by atoms with Crippen molar-refractivity contribution in [1.29, 1.82) is 5.26 Å². The van der Waals surface area contributed by atoms with E-state index in [0.717, 1.165) is 9.88 Å². The van der Waals surface area contributed by atoms with Gasteiger partial charge in [-0.15, -0.1) is 11.3 Å². The summed E-state index contributed by atoms with van der Waals surface area (Å²) in [6.07, 6.45) is 3.12. The molecule has 2 heterocycles. The molecule has 0 saturated carbocycles. The molecule has 0 radical (unpaired) electrons. The molecule has 3 aromatic rings. The Balaban J connectivity index is 1.59. The number of nitrogens with one attached hydrogen (secondary N) is 2. The molecule has 0 unspecified atom stereocenters. The first-order chi connectivity index (χ1) is 14.0. The second kappa shape index (κ2) is 9.03. The lowest BCUT2D eigenvalue weighted by Gasteiger charge is -2.09. The van der Waals surface area contributed by atoms with Gasteiger partial charge >= 0.3 is 0 Å². The number of aryl methyl sites for hydroxylation is 2.